The Kier molecular flexibility index (Phi) is 3.24. The number of alkyl halides is 1. The van der Waals surface area contributed by atoms with Crippen molar-refractivity contribution >= 4 is 27.3 Å². The fourth-order valence-electron chi connectivity index (χ4n) is 2.34. The highest BCUT2D eigenvalue weighted by molar-refractivity contribution is 9.09. The molecule has 1 aliphatic heterocycles. The summed E-state index contributed by atoms with van der Waals surface area (Å²) in [5.74, 6) is 0. The summed E-state index contributed by atoms with van der Waals surface area (Å²) < 4.78 is 0. The van der Waals surface area contributed by atoms with E-state index in [0.29, 0.717) is 0 Å². The number of hydrogen-bond donors (Lipinski definition) is 0. The van der Waals surface area contributed by atoms with Crippen molar-refractivity contribution in [3.8, 4) is 0 Å². The Morgan fingerprint density at radius 3 is 1.50 bits per heavy atom. The summed E-state index contributed by atoms with van der Waals surface area (Å²) in [4.78, 5) is 4.74. The van der Waals surface area contributed by atoms with Crippen LogP contribution in [0.5, 0.6) is 0 Å². The van der Waals surface area contributed by atoms with Crippen LogP contribution in [0.2, 0.25) is 0 Å². The highest BCUT2D eigenvalue weighted by Gasteiger charge is 2.29. The predicted molar refractivity (Wildman–Crippen MR) is 80.3 cm³/mol. The molecule has 0 bridgehead atoms. The molecule has 2 aromatic carbocycles. The molecular formula is C15H15BrN2. The van der Waals surface area contributed by atoms with Gasteiger partial charge in [0.2, 0.25) is 0 Å². The molecule has 18 heavy (non-hydrogen) atoms. The fourth-order valence-corrected chi connectivity index (χ4v) is 3.22. The molecule has 0 saturated carbocycles. The Morgan fingerprint density at radius 2 is 1.11 bits per heavy atom. The summed E-state index contributed by atoms with van der Waals surface area (Å²) in [5.41, 5.74) is 2.52. The van der Waals surface area contributed by atoms with Gasteiger partial charge in [0.25, 0.3) is 0 Å². The van der Waals surface area contributed by atoms with Crippen molar-refractivity contribution in [1.29, 1.82) is 0 Å². The Bertz CT molecular complexity index is 453. The fraction of sp³-hybridized carbons (Fsp3) is 0.200. The van der Waals surface area contributed by atoms with Crippen LogP contribution < -0.4 is 9.80 Å². The number of nitrogens with zero attached hydrogens (tertiary/aromatic N) is 2. The first-order valence-electron chi connectivity index (χ1n) is 6.14. The van der Waals surface area contributed by atoms with E-state index in [9.17, 15) is 0 Å². The second kappa shape index (κ2) is 5.02. The van der Waals surface area contributed by atoms with E-state index in [-0.39, 0.29) is 5.08 Å². The largest absolute Gasteiger partial charge is 0.340 e. The van der Waals surface area contributed by atoms with Gasteiger partial charge in [0.1, 0.15) is 0 Å². The summed E-state index contributed by atoms with van der Waals surface area (Å²) in [6.07, 6.45) is 0. The standard InChI is InChI=1S/C15H15BrN2/c16-15-17(13-7-3-1-4-8-13)11-12-18(15)14-9-5-2-6-10-14/h1-10,15H,11-12H2. The van der Waals surface area contributed by atoms with Gasteiger partial charge in [-0.2, -0.15) is 0 Å². The third-order valence-electron chi connectivity index (χ3n) is 3.27. The van der Waals surface area contributed by atoms with Crippen molar-refractivity contribution in [3.63, 3.8) is 0 Å². The first kappa shape index (κ1) is 11.6. The average Bonchev–Trinajstić information content (AvgIpc) is 2.83. The second-order valence-electron chi connectivity index (χ2n) is 4.37. The molecule has 1 aliphatic rings. The molecule has 0 N–H and O–H groups in total. The third-order valence-corrected chi connectivity index (χ3v) is 4.26. The van der Waals surface area contributed by atoms with E-state index in [1.165, 1.54) is 11.4 Å². The normalized spacial score (nSPS) is 16.3. The van der Waals surface area contributed by atoms with E-state index in [0.717, 1.165) is 13.1 Å². The molecule has 2 aromatic rings. The van der Waals surface area contributed by atoms with Gasteiger partial charge in [-0.15, -0.1) is 0 Å². The summed E-state index contributed by atoms with van der Waals surface area (Å²) in [6, 6.07) is 21.1. The van der Waals surface area contributed by atoms with Gasteiger partial charge in [-0.1, -0.05) is 36.4 Å². The van der Waals surface area contributed by atoms with E-state index >= 15 is 0 Å². The topological polar surface area (TPSA) is 6.48 Å². The lowest BCUT2D eigenvalue weighted by atomic mass is 10.3. The maximum absolute atomic E-state index is 3.80. The maximum atomic E-state index is 3.80. The number of para-hydroxylation sites is 2. The quantitative estimate of drug-likeness (QED) is 0.616. The molecule has 1 fully saturated rings. The van der Waals surface area contributed by atoms with Gasteiger partial charge in [0.05, 0.1) is 0 Å². The molecule has 0 amide bonds. The molecule has 1 saturated heterocycles. The molecule has 0 aromatic heterocycles. The SMILES string of the molecule is BrC1N(c2ccccc2)CCN1c1ccccc1. The lowest BCUT2D eigenvalue weighted by molar-refractivity contribution is 0.902. The Balaban J connectivity index is 1.83. The molecular weight excluding hydrogens is 288 g/mol. The minimum absolute atomic E-state index is 0.224. The number of anilines is 2. The molecule has 0 spiro atoms. The molecule has 0 aliphatic carbocycles. The number of hydrogen-bond acceptors (Lipinski definition) is 2. The summed E-state index contributed by atoms with van der Waals surface area (Å²) in [5, 5.41) is 0.224. The summed E-state index contributed by atoms with van der Waals surface area (Å²) >= 11 is 3.80. The zero-order chi connectivity index (χ0) is 12.4. The van der Waals surface area contributed by atoms with Crippen LogP contribution in [0.1, 0.15) is 0 Å². The van der Waals surface area contributed by atoms with Gasteiger partial charge < -0.3 is 9.80 Å². The molecule has 1 heterocycles. The van der Waals surface area contributed by atoms with Crippen molar-refractivity contribution in [3.05, 3.63) is 60.7 Å². The Labute approximate surface area is 116 Å². The highest BCUT2D eigenvalue weighted by Crippen LogP contribution is 2.30. The summed E-state index contributed by atoms with van der Waals surface area (Å²) in [6.45, 7) is 2.07. The van der Waals surface area contributed by atoms with Crippen LogP contribution in [-0.2, 0) is 0 Å². The first-order chi connectivity index (χ1) is 8.86. The highest BCUT2D eigenvalue weighted by atomic mass is 79.9. The van der Waals surface area contributed by atoms with Crippen molar-refractivity contribution in [2.24, 2.45) is 0 Å². The lowest BCUT2D eigenvalue weighted by Gasteiger charge is -2.28. The van der Waals surface area contributed by atoms with Crippen molar-refractivity contribution < 1.29 is 0 Å². The molecule has 3 heteroatoms. The first-order valence-corrected chi connectivity index (χ1v) is 7.05. The second-order valence-corrected chi connectivity index (χ2v) is 5.19. The van der Waals surface area contributed by atoms with Crippen molar-refractivity contribution in [1.82, 2.24) is 0 Å². The van der Waals surface area contributed by atoms with Gasteiger partial charge in [0, 0.05) is 24.5 Å². The predicted octanol–water partition coefficient (Wildman–Crippen LogP) is 3.69. The van der Waals surface area contributed by atoms with Gasteiger partial charge >= 0.3 is 0 Å². The van der Waals surface area contributed by atoms with Gasteiger partial charge in [-0.3, -0.25) is 0 Å². The van der Waals surface area contributed by atoms with E-state index in [1.54, 1.807) is 0 Å². The van der Waals surface area contributed by atoms with E-state index in [1.807, 2.05) is 0 Å². The van der Waals surface area contributed by atoms with Crippen LogP contribution in [0, 0.1) is 0 Å². The van der Waals surface area contributed by atoms with Gasteiger partial charge in [0.15, 0.2) is 5.08 Å². The average molecular weight is 303 g/mol. The molecule has 0 unspecified atom stereocenters. The zero-order valence-corrected chi connectivity index (χ0v) is 11.6. The van der Waals surface area contributed by atoms with Crippen molar-refractivity contribution in [2.75, 3.05) is 22.9 Å². The lowest BCUT2D eigenvalue weighted by Crippen LogP contribution is -2.33. The monoisotopic (exact) mass is 302 g/mol. The van der Waals surface area contributed by atoms with Crippen LogP contribution in [0.4, 0.5) is 11.4 Å². The molecule has 3 rings (SSSR count). The Morgan fingerprint density at radius 1 is 0.722 bits per heavy atom. The maximum Gasteiger partial charge on any atom is 0.159 e. The minimum Gasteiger partial charge on any atom is -0.340 e. The van der Waals surface area contributed by atoms with Crippen LogP contribution in [0.25, 0.3) is 0 Å². The van der Waals surface area contributed by atoms with Gasteiger partial charge in [-0.25, -0.2) is 0 Å². The molecule has 0 radical (unpaired) electrons. The van der Waals surface area contributed by atoms with Gasteiger partial charge in [-0.05, 0) is 40.2 Å². The van der Waals surface area contributed by atoms with E-state index in [4.69, 9.17) is 0 Å². The zero-order valence-electron chi connectivity index (χ0n) is 10.0. The minimum atomic E-state index is 0.224. The van der Waals surface area contributed by atoms with Crippen LogP contribution in [0.15, 0.2) is 60.7 Å². The molecule has 2 nitrogen and oxygen atoms in total. The van der Waals surface area contributed by atoms with Crippen LogP contribution >= 0.6 is 15.9 Å². The van der Waals surface area contributed by atoms with Crippen LogP contribution in [0.3, 0.4) is 0 Å². The number of rotatable bonds is 2. The third kappa shape index (κ3) is 2.10. The van der Waals surface area contributed by atoms with Crippen LogP contribution in [-0.4, -0.2) is 18.2 Å². The molecule has 0 atom stereocenters. The Hall–Kier alpha value is -1.48. The number of benzene rings is 2. The summed E-state index contributed by atoms with van der Waals surface area (Å²) in [7, 11) is 0. The van der Waals surface area contributed by atoms with E-state index < -0.39 is 0 Å². The van der Waals surface area contributed by atoms with E-state index in [2.05, 4.69) is 86.4 Å². The van der Waals surface area contributed by atoms with Crippen molar-refractivity contribution in [2.45, 2.75) is 5.08 Å². The smallest absolute Gasteiger partial charge is 0.159 e. The molecule has 92 valence electrons. The number of halogens is 1.